The first-order chi connectivity index (χ1) is 9.25. The van der Waals surface area contributed by atoms with Crippen LogP contribution in [0.1, 0.15) is 26.7 Å². The van der Waals surface area contributed by atoms with Gasteiger partial charge in [-0.05, 0) is 30.2 Å². The minimum absolute atomic E-state index is 0.109. The third-order valence-electron chi connectivity index (χ3n) is 4.09. The van der Waals surface area contributed by atoms with E-state index in [-0.39, 0.29) is 7.92 Å². The van der Waals surface area contributed by atoms with Crippen molar-refractivity contribution < 1.29 is 4.74 Å². The fourth-order valence-electron chi connectivity index (χ4n) is 2.88. The van der Waals surface area contributed by atoms with Crippen molar-refractivity contribution in [3.05, 3.63) is 30.3 Å². The molecule has 0 radical (unpaired) electrons. The van der Waals surface area contributed by atoms with Gasteiger partial charge in [0.2, 0.25) is 0 Å². The Morgan fingerprint density at radius 3 is 2.74 bits per heavy atom. The molecule has 2 aliphatic heterocycles. The van der Waals surface area contributed by atoms with E-state index < -0.39 is 0 Å². The van der Waals surface area contributed by atoms with Crippen LogP contribution in [0, 0.1) is 5.92 Å². The Morgan fingerprint density at radius 2 is 2.05 bits per heavy atom. The standard InChI is InChI=1S/C16H22NOP/c1-12(2)14-11-18-16(17-14)15-9-6-10-19(15)13-7-4-3-5-8-13/h3-5,7-8,12,14-15H,6,9-11H2,1-2H3. The molecule has 2 nitrogen and oxygen atoms in total. The molecule has 0 spiro atoms. The van der Waals surface area contributed by atoms with Gasteiger partial charge in [0.05, 0.1) is 11.7 Å². The largest absolute Gasteiger partial charge is 0.478 e. The van der Waals surface area contributed by atoms with Crippen molar-refractivity contribution in [2.24, 2.45) is 10.9 Å². The average Bonchev–Trinajstić information content (AvgIpc) is 3.08. The number of nitrogens with zero attached hydrogens (tertiary/aromatic N) is 1. The first kappa shape index (κ1) is 13.1. The zero-order valence-corrected chi connectivity index (χ0v) is 12.6. The van der Waals surface area contributed by atoms with E-state index in [4.69, 9.17) is 9.73 Å². The minimum Gasteiger partial charge on any atom is -0.478 e. The Labute approximate surface area is 117 Å². The molecule has 1 aromatic rings. The van der Waals surface area contributed by atoms with E-state index in [0.29, 0.717) is 17.6 Å². The lowest BCUT2D eigenvalue weighted by atomic mass is 10.1. The third kappa shape index (κ3) is 2.69. The summed E-state index contributed by atoms with van der Waals surface area (Å²) in [6, 6.07) is 11.3. The van der Waals surface area contributed by atoms with Gasteiger partial charge in [0.25, 0.3) is 0 Å². The van der Waals surface area contributed by atoms with Gasteiger partial charge >= 0.3 is 0 Å². The van der Waals surface area contributed by atoms with Gasteiger partial charge < -0.3 is 4.74 Å². The first-order valence-electron chi connectivity index (χ1n) is 7.28. The van der Waals surface area contributed by atoms with E-state index in [0.717, 1.165) is 12.5 Å². The molecular formula is C16H22NOP. The highest BCUT2D eigenvalue weighted by molar-refractivity contribution is 7.67. The monoisotopic (exact) mass is 275 g/mol. The van der Waals surface area contributed by atoms with Crippen LogP contribution in [0.25, 0.3) is 0 Å². The van der Waals surface area contributed by atoms with Gasteiger partial charge in [-0.15, -0.1) is 0 Å². The number of hydrogen-bond acceptors (Lipinski definition) is 2. The molecule has 1 fully saturated rings. The van der Waals surface area contributed by atoms with Crippen molar-refractivity contribution in [2.45, 2.75) is 38.4 Å². The molecule has 3 rings (SSSR count). The van der Waals surface area contributed by atoms with Crippen LogP contribution in [0.5, 0.6) is 0 Å². The highest BCUT2D eigenvalue weighted by Crippen LogP contribution is 2.50. The van der Waals surface area contributed by atoms with Crippen LogP contribution in [0.15, 0.2) is 35.3 Å². The molecule has 3 unspecified atom stereocenters. The smallest absolute Gasteiger partial charge is 0.191 e. The maximum absolute atomic E-state index is 5.93. The summed E-state index contributed by atoms with van der Waals surface area (Å²) in [4.78, 5) is 4.86. The molecule has 0 N–H and O–H groups in total. The topological polar surface area (TPSA) is 21.6 Å². The lowest BCUT2D eigenvalue weighted by molar-refractivity contribution is 0.286. The van der Waals surface area contributed by atoms with Crippen LogP contribution in [0.4, 0.5) is 0 Å². The molecule has 3 heteroatoms. The molecule has 0 aromatic heterocycles. The lowest BCUT2D eigenvalue weighted by Gasteiger charge is -2.19. The SMILES string of the molecule is CC(C)C1COC(C2CCCP2c2ccccc2)=N1. The maximum Gasteiger partial charge on any atom is 0.191 e. The van der Waals surface area contributed by atoms with Crippen LogP contribution >= 0.6 is 7.92 Å². The average molecular weight is 275 g/mol. The zero-order chi connectivity index (χ0) is 13.2. The molecule has 0 bridgehead atoms. The van der Waals surface area contributed by atoms with Crippen molar-refractivity contribution in [3.8, 4) is 0 Å². The van der Waals surface area contributed by atoms with Crippen molar-refractivity contribution in [3.63, 3.8) is 0 Å². The molecule has 1 saturated heterocycles. The number of rotatable bonds is 3. The summed E-state index contributed by atoms with van der Waals surface area (Å²) in [6.45, 7) is 5.26. The summed E-state index contributed by atoms with van der Waals surface area (Å²) in [7, 11) is -0.109. The summed E-state index contributed by atoms with van der Waals surface area (Å²) >= 11 is 0. The van der Waals surface area contributed by atoms with Crippen molar-refractivity contribution >= 4 is 19.1 Å². The van der Waals surface area contributed by atoms with Crippen LogP contribution in [-0.4, -0.2) is 30.4 Å². The number of aliphatic imine (C=N–C) groups is 1. The second kappa shape index (κ2) is 5.63. The molecule has 2 heterocycles. The predicted octanol–water partition coefficient (Wildman–Crippen LogP) is 3.41. The van der Waals surface area contributed by atoms with Gasteiger partial charge in [0.1, 0.15) is 6.61 Å². The van der Waals surface area contributed by atoms with Crippen LogP contribution in [0.2, 0.25) is 0 Å². The molecular weight excluding hydrogens is 253 g/mol. The van der Waals surface area contributed by atoms with E-state index in [1.54, 1.807) is 0 Å². The van der Waals surface area contributed by atoms with Gasteiger partial charge in [-0.1, -0.05) is 52.1 Å². The fraction of sp³-hybridized carbons (Fsp3) is 0.562. The predicted molar refractivity (Wildman–Crippen MR) is 82.9 cm³/mol. The Morgan fingerprint density at radius 1 is 1.26 bits per heavy atom. The quantitative estimate of drug-likeness (QED) is 0.775. The lowest BCUT2D eigenvalue weighted by Crippen LogP contribution is -2.20. The fourth-order valence-corrected chi connectivity index (χ4v) is 5.79. The number of benzene rings is 1. The van der Waals surface area contributed by atoms with Gasteiger partial charge in [0, 0.05) is 0 Å². The van der Waals surface area contributed by atoms with Gasteiger partial charge in [0.15, 0.2) is 5.90 Å². The number of ether oxygens (including phenoxy) is 1. The molecule has 2 aliphatic rings. The molecule has 0 amide bonds. The van der Waals surface area contributed by atoms with Crippen LogP contribution < -0.4 is 5.30 Å². The Kier molecular flexibility index (Phi) is 3.88. The zero-order valence-electron chi connectivity index (χ0n) is 11.7. The molecule has 19 heavy (non-hydrogen) atoms. The first-order valence-corrected chi connectivity index (χ1v) is 8.87. The molecule has 102 valence electrons. The van der Waals surface area contributed by atoms with Crippen molar-refractivity contribution in [2.75, 3.05) is 12.8 Å². The minimum atomic E-state index is -0.109. The maximum atomic E-state index is 5.93. The Bertz CT molecular complexity index is 457. The number of hydrogen-bond donors (Lipinski definition) is 0. The summed E-state index contributed by atoms with van der Waals surface area (Å²) in [5, 5.41) is 1.51. The van der Waals surface area contributed by atoms with Crippen molar-refractivity contribution in [1.82, 2.24) is 0 Å². The normalized spacial score (nSPS) is 30.5. The van der Waals surface area contributed by atoms with Gasteiger partial charge in [-0.2, -0.15) is 0 Å². The van der Waals surface area contributed by atoms with Crippen LogP contribution in [0.3, 0.4) is 0 Å². The highest BCUT2D eigenvalue weighted by atomic mass is 31.1. The van der Waals surface area contributed by atoms with Crippen LogP contribution in [-0.2, 0) is 4.74 Å². The summed E-state index contributed by atoms with van der Waals surface area (Å²) in [5.41, 5.74) is 0.571. The third-order valence-corrected chi connectivity index (χ3v) is 7.08. The highest BCUT2D eigenvalue weighted by Gasteiger charge is 2.36. The van der Waals surface area contributed by atoms with E-state index in [1.165, 1.54) is 24.3 Å². The van der Waals surface area contributed by atoms with E-state index in [1.807, 2.05) is 0 Å². The van der Waals surface area contributed by atoms with Gasteiger partial charge in [-0.3, -0.25) is 0 Å². The molecule has 1 aromatic carbocycles. The summed E-state index contributed by atoms with van der Waals surface area (Å²) in [5.74, 6) is 1.65. The Hall–Kier alpha value is -0.880. The molecule has 0 aliphatic carbocycles. The molecule has 0 saturated carbocycles. The van der Waals surface area contributed by atoms with E-state index >= 15 is 0 Å². The summed E-state index contributed by atoms with van der Waals surface area (Å²) < 4.78 is 5.93. The second-order valence-corrected chi connectivity index (χ2v) is 8.30. The van der Waals surface area contributed by atoms with Crippen molar-refractivity contribution in [1.29, 1.82) is 0 Å². The second-order valence-electron chi connectivity index (χ2n) is 5.78. The van der Waals surface area contributed by atoms with E-state index in [9.17, 15) is 0 Å². The van der Waals surface area contributed by atoms with E-state index in [2.05, 4.69) is 44.2 Å². The Balaban J connectivity index is 1.79. The van der Waals surface area contributed by atoms with Gasteiger partial charge in [-0.25, -0.2) is 4.99 Å². The molecule has 3 atom stereocenters. The summed E-state index contributed by atoms with van der Waals surface area (Å²) in [6.07, 6.45) is 3.91.